The zero-order valence-electron chi connectivity index (χ0n) is 7.39. The van der Waals surface area contributed by atoms with E-state index in [9.17, 15) is 13.2 Å². The maximum absolute atomic E-state index is 11.5. The monoisotopic (exact) mass is 285 g/mol. The number of fused-ring (bicyclic) bond motifs is 1. The Kier molecular flexibility index (Phi) is 3.14. The Balaban J connectivity index is 0.000000980. The van der Waals surface area contributed by atoms with E-state index in [-0.39, 0.29) is 43.2 Å². The summed E-state index contributed by atoms with van der Waals surface area (Å²) < 4.78 is 23.7. The van der Waals surface area contributed by atoms with Crippen LogP contribution in [0, 0.1) is 6.07 Å². The minimum Gasteiger partial charge on any atom is -0.270 e. The van der Waals surface area contributed by atoms with Gasteiger partial charge in [0.1, 0.15) is 0 Å². The maximum atomic E-state index is 11.5. The number of nitrogens with zero attached hydrogens (tertiary/aromatic N) is 1. The molecular weight excluding hydrogens is 279 g/mol. The standard InChI is InChI=1S/C8H6NO3S.Y/c1-9-8(10)6-4-2-3-5-7(6)13(9,11)12;/h2,4-5H,1H3;/q-1;. The molecule has 1 aliphatic rings. The molecule has 14 heavy (non-hydrogen) atoms. The summed E-state index contributed by atoms with van der Waals surface area (Å²) in [5.74, 6) is -0.482. The van der Waals surface area contributed by atoms with E-state index in [1.807, 2.05) is 0 Å². The van der Waals surface area contributed by atoms with E-state index in [2.05, 4.69) is 6.07 Å². The predicted molar refractivity (Wildman–Crippen MR) is 44.6 cm³/mol. The minimum absolute atomic E-state index is 0. The fraction of sp³-hybridized carbons (Fsp3) is 0.125. The summed E-state index contributed by atoms with van der Waals surface area (Å²) in [6.45, 7) is 0. The molecule has 4 nitrogen and oxygen atoms in total. The first-order chi connectivity index (χ1) is 6.05. The first kappa shape index (κ1) is 11.8. The smallest absolute Gasteiger partial charge is 0.243 e. The third-order valence-electron chi connectivity index (χ3n) is 1.98. The molecule has 0 spiro atoms. The minimum atomic E-state index is -3.58. The summed E-state index contributed by atoms with van der Waals surface area (Å²) in [7, 11) is -2.33. The SMILES string of the molecule is CN1C(=O)c2cc[c-]cc2S1(=O)=O.[Y]. The maximum Gasteiger partial charge on any atom is 0.243 e. The summed E-state index contributed by atoms with van der Waals surface area (Å²) in [5, 5.41) is 0. The van der Waals surface area contributed by atoms with E-state index < -0.39 is 15.9 Å². The average molecular weight is 285 g/mol. The van der Waals surface area contributed by atoms with Gasteiger partial charge in [-0.3, -0.25) is 4.79 Å². The summed E-state index contributed by atoms with van der Waals surface area (Å²) in [5.41, 5.74) is 0.223. The van der Waals surface area contributed by atoms with Crippen molar-refractivity contribution < 1.29 is 45.9 Å². The average Bonchev–Trinajstić information content (AvgIpc) is 2.30. The third-order valence-corrected chi connectivity index (χ3v) is 3.76. The Morgan fingerprint density at radius 1 is 1.43 bits per heavy atom. The second-order valence-electron chi connectivity index (χ2n) is 2.70. The van der Waals surface area contributed by atoms with Crippen molar-refractivity contribution in [2.45, 2.75) is 4.90 Å². The molecule has 2 rings (SSSR count). The molecule has 0 bridgehead atoms. The van der Waals surface area contributed by atoms with Crippen LogP contribution in [0.2, 0.25) is 0 Å². The Hall–Kier alpha value is -0.256. The number of sulfonamides is 1. The molecule has 0 fully saturated rings. The number of amides is 1. The van der Waals surface area contributed by atoms with Crippen LogP contribution in [0.25, 0.3) is 0 Å². The van der Waals surface area contributed by atoms with E-state index in [1.54, 1.807) is 0 Å². The van der Waals surface area contributed by atoms with Gasteiger partial charge in [0.2, 0.25) is 15.9 Å². The summed E-state index contributed by atoms with van der Waals surface area (Å²) in [6, 6.07) is 6.92. The van der Waals surface area contributed by atoms with Crippen molar-refractivity contribution in [1.29, 1.82) is 0 Å². The zero-order chi connectivity index (χ0) is 9.64. The van der Waals surface area contributed by atoms with Gasteiger partial charge in [0.15, 0.2) is 0 Å². The predicted octanol–water partition coefficient (Wildman–Crippen LogP) is 0.259. The molecule has 1 amide bonds. The Labute approximate surface area is 107 Å². The van der Waals surface area contributed by atoms with Gasteiger partial charge >= 0.3 is 0 Å². The van der Waals surface area contributed by atoms with Gasteiger partial charge in [-0.2, -0.15) is 24.3 Å². The number of hydrogen-bond acceptors (Lipinski definition) is 3. The van der Waals surface area contributed by atoms with Crippen LogP contribution in [0.4, 0.5) is 0 Å². The molecule has 0 saturated heterocycles. The molecule has 0 saturated carbocycles. The van der Waals surface area contributed by atoms with Crippen LogP contribution < -0.4 is 0 Å². The van der Waals surface area contributed by atoms with Crippen LogP contribution in [0.1, 0.15) is 10.4 Å². The molecule has 0 unspecified atom stereocenters. The molecule has 6 heteroatoms. The van der Waals surface area contributed by atoms with Gasteiger partial charge in [0.25, 0.3) is 0 Å². The van der Waals surface area contributed by atoms with Crippen molar-refractivity contribution in [2.75, 3.05) is 7.05 Å². The quantitative estimate of drug-likeness (QED) is 0.642. The van der Waals surface area contributed by atoms with Crippen LogP contribution in [-0.2, 0) is 42.7 Å². The van der Waals surface area contributed by atoms with Crippen molar-refractivity contribution in [3.05, 3.63) is 29.8 Å². The summed E-state index contributed by atoms with van der Waals surface area (Å²) >= 11 is 0. The summed E-state index contributed by atoms with van der Waals surface area (Å²) in [6.07, 6.45) is 0. The van der Waals surface area contributed by atoms with Crippen molar-refractivity contribution >= 4 is 15.9 Å². The largest absolute Gasteiger partial charge is 0.270 e. The van der Waals surface area contributed by atoms with Gasteiger partial charge in [-0.15, -0.1) is 0 Å². The molecule has 1 heterocycles. The molecule has 0 aliphatic carbocycles. The molecule has 0 aromatic heterocycles. The molecule has 0 atom stereocenters. The van der Waals surface area contributed by atoms with Crippen LogP contribution in [0.15, 0.2) is 23.1 Å². The Bertz CT molecular complexity index is 483. The van der Waals surface area contributed by atoms with Crippen molar-refractivity contribution in [1.82, 2.24) is 4.31 Å². The van der Waals surface area contributed by atoms with Gasteiger partial charge in [-0.25, -0.2) is 12.7 Å². The second kappa shape index (κ2) is 3.72. The van der Waals surface area contributed by atoms with Gasteiger partial charge in [-0.1, -0.05) is 0 Å². The number of rotatable bonds is 0. The van der Waals surface area contributed by atoms with E-state index in [0.717, 1.165) is 4.31 Å². The Morgan fingerprint density at radius 2 is 2.07 bits per heavy atom. The van der Waals surface area contributed by atoms with E-state index in [4.69, 9.17) is 0 Å². The number of carbonyl (C=O) groups excluding carboxylic acids is 1. The molecule has 1 aromatic rings. The third kappa shape index (κ3) is 1.43. The van der Waals surface area contributed by atoms with Crippen LogP contribution in [-0.4, -0.2) is 25.7 Å². The van der Waals surface area contributed by atoms with Crippen LogP contribution in [0.5, 0.6) is 0 Å². The fourth-order valence-corrected chi connectivity index (χ4v) is 2.49. The first-order valence-electron chi connectivity index (χ1n) is 3.58. The van der Waals surface area contributed by atoms with Crippen LogP contribution in [0.3, 0.4) is 0 Å². The first-order valence-corrected chi connectivity index (χ1v) is 5.02. The Morgan fingerprint density at radius 3 is 2.64 bits per heavy atom. The summed E-state index contributed by atoms with van der Waals surface area (Å²) in [4.78, 5) is 11.4. The topological polar surface area (TPSA) is 54.5 Å². The van der Waals surface area contributed by atoms with E-state index >= 15 is 0 Å². The zero-order valence-corrected chi connectivity index (χ0v) is 11.0. The van der Waals surface area contributed by atoms with Gasteiger partial charge < -0.3 is 0 Å². The van der Waals surface area contributed by atoms with Gasteiger partial charge in [0.05, 0.1) is 0 Å². The van der Waals surface area contributed by atoms with Gasteiger partial charge in [0, 0.05) is 39.8 Å². The molecule has 0 N–H and O–H groups in total. The van der Waals surface area contributed by atoms with E-state index in [0.29, 0.717) is 0 Å². The molecule has 71 valence electrons. The van der Waals surface area contributed by atoms with Crippen molar-refractivity contribution in [2.24, 2.45) is 0 Å². The number of carbonyl (C=O) groups is 1. The molecular formula is C8H6NO3SY-. The normalized spacial score (nSPS) is 17.5. The fourth-order valence-electron chi connectivity index (χ4n) is 1.23. The number of benzene rings is 1. The van der Waals surface area contributed by atoms with Crippen molar-refractivity contribution in [3.8, 4) is 0 Å². The second-order valence-corrected chi connectivity index (χ2v) is 4.64. The van der Waals surface area contributed by atoms with Crippen molar-refractivity contribution in [3.63, 3.8) is 0 Å². The van der Waals surface area contributed by atoms with Gasteiger partial charge in [-0.05, 0) is 10.5 Å². The number of hydrogen-bond donors (Lipinski definition) is 0. The molecule has 1 aliphatic heterocycles. The molecule has 1 aromatic carbocycles. The van der Waals surface area contributed by atoms with E-state index in [1.165, 1.54) is 25.2 Å². The van der Waals surface area contributed by atoms with Crippen LogP contribution >= 0.6 is 0 Å². The molecule has 1 radical (unpaired) electrons.